The Kier molecular flexibility index (Phi) is 4.27. The molecule has 1 aliphatic rings. The highest BCUT2D eigenvalue weighted by molar-refractivity contribution is 7.11. The molecule has 1 aliphatic heterocycles. The lowest BCUT2D eigenvalue weighted by atomic mass is 10.3. The summed E-state index contributed by atoms with van der Waals surface area (Å²) in [6, 6.07) is 8.67. The van der Waals surface area contributed by atoms with Crippen LogP contribution in [0.3, 0.4) is 0 Å². The van der Waals surface area contributed by atoms with Gasteiger partial charge in [-0.2, -0.15) is 5.10 Å². The van der Waals surface area contributed by atoms with E-state index in [1.807, 2.05) is 22.2 Å². The SMILES string of the molecule is Cc1ccc(CN2Cc3ccnn3C[C@H](Oc3ncccn3)C2)s1. The number of aryl methyl sites for hydroxylation is 1. The van der Waals surface area contributed by atoms with E-state index in [4.69, 9.17) is 4.74 Å². The number of rotatable bonds is 4. The molecule has 6 nitrogen and oxygen atoms in total. The van der Waals surface area contributed by atoms with Crippen LogP contribution in [0.15, 0.2) is 42.9 Å². The van der Waals surface area contributed by atoms with E-state index in [0.29, 0.717) is 12.6 Å². The molecule has 0 fully saturated rings. The Hall–Kier alpha value is -2.25. The molecule has 124 valence electrons. The predicted octanol–water partition coefficient (Wildman–Crippen LogP) is 2.51. The first-order chi connectivity index (χ1) is 11.8. The van der Waals surface area contributed by atoms with Crippen LogP contribution in [0.25, 0.3) is 0 Å². The second-order valence-electron chi connectivity index (χ2n) is 5.96. The van der Waals surface area contributed by atoms with Gasteiger partial charge in [-0.05, 0) is 31.2 Å². The van der Waals surface area contributed by atoms with Crippen molar-refractivity contribution in [1.82, 2.24) is 24.6 Å². The van der Waals surface area contributed by atoms with Gasteiger partial charge in [0.1, 0.15) is 6.10 Å². The number of thiophene rings is 1. The van der Waals surface area contributed by atoms with Crippen molar-refractivity contribution in [2.45, 2.75) is 32.7 Å². The third-order valence-electron chi connectivity index (χ3n) is 4.02. The van der Waals surface area contributed by atoms with Gasteiger partial charge in [0.05, 0.1) is 12.2 Å². The molecule has 4 rings (SSSR count). The van der Waals surface area contributed by atoms with E-state index < -0.39 is 0 Å². The molecule has 0 radical (unpaired) electrons. The third kappa shape index (κ3) is 3.47. The van der Waals surface area contributed by atoms with Crippen molar-refractivity contribution in [2.75, 3.05) is 6.54 Å². The minimum Gasteiger partial charge on any atom is -0.457 e. The quantitative estimate of drug-likeness (QED) is 0.730. The van der Waals surface area contributed by atoms with Gasteiger partial charge in [-0.1, -0.05) is 0 Å². The molecule has 0 saturated heterocycles. The maximum Gasteiger partial charge on any atom is 0.316 e. The van der Waals surface area contributed by atoms with Crippen molar-refractivity contribution < 1.29 is 4.74 Å². The molecule has 0 aromatic carbocycles. The van der Waals surface area contributed by atoms with Crippen LogP contribution in [-0.2, 0) is 19.6 Å². The fraction of sp³-hybridized carbons (Fsp3) is 0.353. The molecule has 0 amide bonds. The van der Waals surface area contributed by atoms with Gasteiger partial charge in [-0.3, -0.25) is 9.58 Å². The lowest BCUT2D eigenvalue weighted by molar-refractivity contribution is 0.113. The molecular formula is C17H19N5OS. The van der Waals surface area contributed by atoms with Crippen molar-refractivity contribution in [3.8, 4) is 6.01 Å². The lowest BCUT2D eigenvalue weighted by Gasteiger charge is -2.23. The highest BCUT2D eigenvalue weighted by atomic mass is 32.1. The molecule has 7 heteroatoms. The average molecular weight is 341 g/mol. The molecular weight excluding hydrogens is 322 g/mol. The van der Waals surface area contributed by atoms with Gasteiger partial charge < -0.3 is 4.74 Å². The number of hydrogen-bond acceptors (Lipinski definition) is 6. The van der Waals surface area contributed by atoms with Crippen molar-refractivity contribution in [3.63, 3.8) is 0 Å². The van der Waals surface area contributed by atoms with Gasteiger partial charge in [0.2, 0.25) is 0 Å². The van der Waals surface area contributed by atoms with Gasteiger partial charge in [-0.15, -0.1) is 11.3 Å². The summed E-state index contributed by atoms with van der Waals surface area (Å²) in [6.07, 6.45) is 5.22. The maximum absolute atomic E-state index is 6.01. The summed E-state index contributed by atoms with van der Waals surface area (Å²) in [5.74, 6) is 0. The Morgan fingerprint density at radius 3 is 2.83 bits per heavy atom. The molecule has 4 heterocycles. The molecule has 3 aromatic rings. The van der Waals surface area contributed by atoms with Crippen molar-refractivity contribution in [1.29, 1.82) is 0 Å². The van der Waals surface area contributed by atoms with Gasteiger partial charge in [-0.25, -0.2) is 9.97 Å². The van der Waals surface area contributed by atoms with Crippen LogP contribution >= 0.6 is 11.3 Å². The first-order valence-corrected chi connectivity index (χ1v) is 8.80. The van der Waals surface area contributed by atoms with E-state index in [1.54, 1.807) is 18.5 Å². The maximum atomic E-state index is 6.01. The highest BCUT2D eigenvalue weighted by Crippen LogP contribution is 2.21. The largest absolute Gasteiger partial charge is 0.457 e. The molecule has 0 N–H and O–H groups in total. The van der Waals surface area contributed by atoms with Gasteiger partial charge in [0, 0.05) is 48.0 Å². The van der Waals surface area contributed by atoms with Crippen LogP contribution in [0.4, 0.5) is 0 Å². The van der Waals surface area contributed by atoms with Crippen LogP contribution in [0.5, 0.6) is 6.01 Å². The monoisotopic (exact) mass is 341 g/mol. The van der Waals surface area contributed by atoms with Gasteiger partial charge >= 0.3 is 6.01 Å². The molecule has 24 heavy (non-hydrogen) atoms. The number of ether oxygens (including phenoxy) is 1. The second kappa shape index (κ2) is 6.70. The van der Waals surface area contributed by atoms with Crippen molar-refractivity contribution >= 4 is 11.3 Å². The van der Waals surface area contributed by atoms with E-state index in [2.05, 4.69) is 45.1 Å². The Balaban J connectivity index is 1.54. The smallest absolute Gasteiger partial charge is 0.316 e. The van der Waals surface area contributed by atoms with Crippen molar-refractivity contribution in [3.05, 3.63) is 58.3 Å². The molecule has 0 bridgehead atoms. The zero-order chi connectivity index (χ0) is 16.4. The molecule has 0 unspecified atom stereocenters. The zero-order valence-electron chi connectivity index (χ0n) is 13.5. The lowest BCUT2D eigenvalue weighted by Crippen LogP contribution is -2.35. The van der Waals surface area contributed by atoms with Gasteiger partial charge in [0.15, 0.2) is 0 Å². The summed E-state index contributed by atoms with van der Waals surface area (Å²) in [6.45, 7) is 5.45. The Labute approximate surface area is 144 Å². The highest BCUT2D eigenvalue weighted by Gasteiger charge is 2.24. The first-order valence-electron chi connectivity index (χ1n) is 7.98. The van der Waals surface area contributed by atoms with Crippen LogP contribution < -0.4 is 4.74 Å². The van der Waals surface area contributed by atoms with Crippen LogP contribution in [0.2, 0.25) is 0 Å². The first kappa shape index (κ1) is 15.3. The summed E-state index contributed by atoms with van der Waals surface area (Å²) in [4.78, 5) is 13.5. The Morgan fingerprint density at radius 1 is 1.17 bits per heavy atom. The number of nitrogens with zero attached hydrogens (tertiary/aromatic N) is 5. The summed E-state index contributed by atoms with van der Waals surface area (Å²) >= 11 is 1.85. The number of fused-ring (bicyclic) bond motifs is 1. The summed E-state index contributed by atoms with van der Waals surface area (Å²) < 4.78 is 8.03. The fourth-order valence-electron chi connectivity index (χ4n) is 2.97. The van der Waals surface area contributed by atoms with E-state index in [1.165, 1.54) is 15.4 Å². The standard InChI is InChI=1S/C17H19N5OS/c1-13-3-4-16(24-13)12-21-9-14-5-8-20-22(14)11-15(10-21)23-17-18-6-2-7-19-17/h2-8,15H,9-12H2,1H3/t15-/m1/s1. The topological polar surface area (TPSA) is 56.1 Å². The van der Waals surface area contributed by atoms with Crippen molar-refractivity contribution in [2.24, 2.45) is 0 Å². The Bertz CT molecular complexity index is 800. The minimum atomic E-state index is -0.0328. The van der Waals surface area contributed by atoms with Crippen LogP contribution in [-0.4, -0.2) is 37.3 Å². The van der Waals surface area contributed by atoms with E-state index in [9.17, 15) is 0 Å². The van der Waals surface area contributed by atoms with E-state index in [0.717, 1.165) is 19.6 Å². The summed E-state index contributed by atoms with van der Waals surface area (Å²) in [5.41, 5.74) is 1.21. The summed E-state index contributed by atoms with van der Waals surface area (Å²) in [5, 5.41) is 4.43. The predicted molar refractivity (Wildman–Crippen MR) is 91.8 cm³/mol. The number of aromatic nitrogens is 4. The molecule has 1 atom stereocenters. The number of hydrogen-bond donors (Lipinski definition) is 0. The normalized spacial score (nSPS) is 18.1. The van der Waals surface area contributed by atoms with Crippen LogP contribution in [0, 0.1) is 6.92 Å². The average Bonchev–Trinajstić information content (AvgIpc) is 3.14. The molecule has 0 spiro atoms. The minimum absolute atomic E-state index is 0.0328. The third-order valence-corrected chi connectivity index (χ3v) is 5.00. The fourth-order valence-corrected chi connectivity index (χ4v) is 3.90. The molecule has 0 aliphatic carbocycles. The van der Waals surface area contributed by atoms with Gasteiger partial charge in [0.25, 0.3) is 0 Å². The zero-order valence-corrected chi connectivity index (χ0v) is 14.3. The second-order valence-corrected chi connectivity index (χ2v) is 7.33. The molecule has 3 aromatic heterocycles. The summed E-state index contributed by atoms with van der Waals surface area (Å²) in [7, 11) is 0. The van der Waals surface area contributed by atoms with E-state index in [-0.39, 0.29) is 6.10 Å². The van der Waals surface area contributed by atoms with Crippen LogP contribution in [0.1, 0.15) is 15.4 Å². The van der Waals surface area contributed by atoms with E-state index >= 15 is 0 Å². The molecule has 0 saturated carbocycles. The Morgan fingerprint density at radius 2 is 2.04 bits per heavy atom.